The molecule has 1 rings (SSSR count). The zero-order valence-corrected chi connectivity index (χ0v) is 21.5. The van der Waals surface area contributed by atoms with Gasteiger partial charge in [0.2, 0.25) is 29.5 Å². The molecule has 0 bridgehead atoms. The molecule has 5 N–H and O–H groups in total. The van der Waals surface area contributed by atoms with Crippen LogP contribution in [-0.2, 0) is 30.4 Å². The third-order valence-corrected chi connectivity index (χ3v) is 4.57. The van der Waals surface area contributed by atoms with E-state index < -0.39 is 23.8 Å². The third kappa shape index (κ3) is 15.9. The molecule has 5 amide bonds. The summed E-state index contributed by atoms with van der Waals surface area (Å²) in [4.78, 5) is 60.1. The van der Waals surface area contributed by atoms with E-state index in [1.807, 2.05) is 58.0 Å². The van der Waals surface area contributed by atoms with Crippen molar-refractivity contribution in [1.82, 2.24) is 26.6 Å². The molecule has 10 nitrogen and oxygen atoms in total. The Morgan fingerprint density at radius 2 is 1.29 bits per heavy atom. The summed E-state index contributed by atoms with van der Waals surface area (Å²) >= 11 is 0. The van der Waals surface area contributed by atoms with Crippen LogP contribution in [-0.4, -0.2) is 61.8 Å². The summed E-state index contributed by atoms with van der Waals surface area (Å²) in [6.07, 6.45) is 1.27. The second-order valence-electron chi connectivity index (χ2n) is 7.97. The quantitative estimate of drug-likeness (QED) is 0.260. The van der Waals surface area contributed by atoms with Gasteiger partial charge in [-0.05, 0) is 24.8 Å². The predicted molar refractivity (Wildman–Crippen MR) is 135 cm³/mol. The Morgan fingerprint density at radius 3 is 1.89 bits per heavy atom. The second-order valence-corrected chi connectivity index (χ2v) is 7.97. The van der Waals surface area contributed by atoms with Gasteiger partial charge in [0.1, 0.15) is 6.04 Å². The molecule has 1 atom stereocenters. The minimum atomic E-state index is -0.929. The van der Waals surface area contributed by atoms with Crippen LogP contribution in [0.4, 0.5) is 0 Å². The average molecular weight is 492 g/mol. The van der Waals surface area contributed by atoms with Gasteiger partial charge in [0.25, 0.3) is 0 Å². The zero-order valence-electron chi connectivity index (χ0n) is 21.5. The van der Waals surface area contributed by atoms with Crippen LogP contribution in [0.2, 0.25) is 0 Å². The first-order valence-electron chi connectivity index (χ1n) is 12.1. The van der Waals surface area contributed by atoms with Crippen LogP contribution in [0.25, 0.3) is 0 Å². The molecule has 0 aliphatic rings. The molecule has 0 saturated heterocycles. The minimum absolute atomic E-state index is 0.207. The summed E-state index contributed by atoms with van der Waals surface area (Å²) in [5.41, 5.74) is 0.823. The van der Waals surface area contributed by atoms with Gasteiger partial charge < -0.3 is 26.6 Å². The molecule has 1 unspecified atom stereocenters. The Labute approximate surface area is 208 Å². The third-order valence-electron chi connectivity index (χ3n) is 4.57. The summed E-state index contributed by atoms with van der Waals surface area (Å²) in [6, 6.07) is 8.18. The number of amides is 5. The Bertz CT molecular complexity index is 799. The normalized spacial score (nSPS) is 10.8. The van der Waals surface area contributed by atoms with Crippen LogP contribution in [0, 0.1) is 5.92 Å². The van der Waals surface area contributed by atoms with Gasteiger partial charge in [-0.2, -0.15) is 0 Å². The summed E-state index contributed by atoms with van der Waals surface area (Å²) in [5.74, 6) is -1.77. The predicted octanol–water partition coefficient (Wildman–Crippen LogP) is 0.661. The van der Waals surface area contributed by atoms with Crippen molar-refractivity contribution in [3.05, 3.63) is 35.9 Å². The van der Waals surface area contributed by atoms with E-state index >= 15 is 0 Å². The smallest absolute Gasteiger partial charge is 0.243 e. The number of carbonyl (C=O) groups is 5. The van der Waals surface area contributed by atoms with Gasteiger partial charge in [0, 0.05) is 19.4 Å². The number of likely N-dealkylation sites (N-methyl/N-ethyl adjacent to an activating group) is 1. The highest BCUT2D eigenvalue weighted by molar-refractivity contribution is 5.92. The van der Waals surface area contributed by atoms with Crippen LogP contribution in [0.5, 0.6) is 0 Å². The molecule has 10 heteroatoms. The SMILES string of the molecule is CC.CCNC(=O)CNC(=O)C(Cc1ccccc1)NC(=O)CNC(=O)CNC(=O)CCC(C)C. The highest BCUT2D eigenvalue weighted by Gasteiger charge is 2.22. The van der Waals surface area contributed by atoms with Gasteiger partial charge in [-0.15, -0.1) is 0 Å². The molecule has 0 spiro atoms. The fraction of sp³-hybridized carbons (Fsp3) is 0.560. The number of hydrogen-bond donors (Lipinski definition) is 5. The number of rotatable bonds is 14. The number of carbonyl (C=O) groups excluding carboxylic acids is 5. The molecule has 0 heterocycles. The molecule has 0 radical (unpaired) electrons. The van der Waals surface area contributed by atoms with Crippen molar-refractivity contribution < 1.29 is 24.0 Å². The minimum Gasteiger partial charge on any atom is -0.355 e. The first-order chi connectivity index (χ1) is 16.7. The largest absolute Gasteiger partial charge is 0.355 e. The van der Waals surface area contributed by atoms with E-state index in [9.17, 15) is 24.0 Å². The van der Waals surface area contributed by atoms with Crippen molar-refractivity contribution in [1.29, 1.82) is 0 Å². The average Bonchev–Trinajstić information content (AvgIpc) is 2.85. The molecule has 0 aliphatic heterocycles. The van der Waals surface area contributed by atoms with Gasteiger partial charge in [-0.25, -0.2) is 0 Å². The first kappa shape index (κ1) is 31.6. The molecule has 0 fully saturated rings. The van der Waals surface area contributed by atoms with Gasteiger partial charge in [-0.1, -0.05) is 58.0 Å². The van der Waals surface area contributed by atoms with E-state index in [1.165, 1.54) is 0 Å². The molecule has 0 aliphatic carbocycles. The van der Waals surface area contributed by atoms with Crippen molar-refractivity contribution in [2.24, 2.45) is 5.92 Å². The molecule has 1 aromatic carbocycles. The highest BCUT2D eigenvalue weighted by atomic mass is 16.2. The molecule has 35 heavy (non-hydrogen) atoms. The van der Waals surface area contributed by atoms with Gasteiger partial charge in [0.05, 0.1) is 19.6 Å². The monoisotopic (exact) mass is 491 g/mol. The van der Waals surface area contributed by atoms with Crippen LogP contribution in [0.3, 0.4) is 0 Å². The molecule has 0 aromatic heterocycles. The maximum absolute atomic E-state index is 12.6. The van der Waals surface area contributed by atoms with Crippen molar-refractivity contribution in [2.75, 3.05) is 26.2 Å². The van der Waals surface area contributed by atoms with Gasteiger partial charge in [-0.3, -0.25) is 24.0 Å². The Kier molecular flexibility index (Phi) is 17.1. The maximum atomic E-state index is 12.6. The number of hydrogen-bond acceptors (Lipinski definition) is 5. The standard InChI is InChI=1S/C23H35N5O5.C2H6/c1-4-24-20(30)14-27-23(33)18(12-17-8-6-5-7-9-17)28-22(32)15-26-21(31)13-25-19(29)11-10-16(2)3;1-2/h5-9,16,18H,4,10-15H2,1-3H3,(H,24,30)(H,25,29)(H,26,31)(H,27,33)(H,28,32);1-2H3. The lowest BCUT2D eigenvalue weighted by Crippen LogP contribution is -2.52. The Balaban J connectivity index is 0.00000562. The van der Waals surface area contributed by atoms with E-state index in [0.717, 1.165) is 12.0 Å². The zero-order chi connectivity index (χ0) is 26.6. The Hall–Kier alpha value is -3.43. The van der Waals surface area contributed by atoms with E-state index in [1.54, 1.807) is 6.92 Å². The molecular formula is C25H41N5O5. The molecule has 196 valence electrons. The first-order valence-corrected chi connectivity index (χ1v) is 12.1. The van der Waals surface area contributed by atoms with E-state index in [4.69, 9.17) is 0 Å². The molecular weight excluding hydrogens is 450 g/mol. The summed E-state index contributed by atoms with van der Waals surface area (Å²) < 4.78 is 0. The van der Waals surface area contributed by atoms with Crippen molar-refractivity contribution in [3.63, 3.8) is 0 Å². The summed E-state index contributed by atoms with van der Waals surface area (Å²) in [7, 11) is 0. The van der Waals surface area contributed by atoms with E-state index in [0.29, 0.717) is 18.9 Å². The Morgan fingerprint density at radius 1 is 0.743 bits per heavy atom. The second kappa shape index (κ2) is 18.9. The fourth-order valence-electron chi connectivity index (χ4n) is 2.78. The summed E-state index contributed by atoms with van der Waals surface area (Å²) in [5, 5.41) is 12.6. The maximum Gasteiger partial charge on any atom is 0.243 e. The van der Waals surface area contributed by atoms with E-state index in [-0.39, 0.29) is 37.9 Å². The lowest BCUT2D eigenvalue weighted by molar-refractivity contribution is -0.131. The fourth-order valence-corrected chi connectivity index (χ4v) is 2.78. The van der Waals surface area contributed by atoms with Gasteiger partial charge in [0.15, 0.2) is 0 Å². The molecule has 1 aromatic rings. The van der Waals surface area contributed by atoms with E-state index in [2.05, 4.69) is 26.6 Å². The van der Waals surface area contributed by atoms with Crippen molar-refractivity contribution in [2.45, 2.75) is 59.9 Å². The van der Waals surface area contributed by atoms with Crippen LogP contribution in [0.15, 0.2) is 30.3 Å². The van der Waals surface area contributed by atoms with Crippen molar-refractivity contribution in [3.8, 4) is 0 Å². The lowest BCUT2D eigenvalue weighted by Gasteiger charge is -2.19. The topological polar surface area (TPSA) is 146 Å². The van der Waals surface area contributed by atoms with Gasteiger partial charge >= 0.3 is 0 Å². The highest BCUT2D eigenvalue weighted by Crippen LogP contribution is 2.04. The van der Waals surface area contributed by atoms with Crippen molar-refractivity contribution >= 4 is 29.5 Å². The molecule has 0 saturated carbocycles. The van der Waals surface area contributed by atoms with Crippen LogP contribution in [0.1, 0.15) is 53.0 Å². The number of benzene rings is 1. The lowest BCUT2D eigenvalue weighted by atomic mass is 10.1. The summed E-state index contributed by atoms with van der Waals surface area (Å²) in [6.45, 7) is 9.43. The number of nitrogens with one attached hydrogen (secondary N) is 5. The van der Waals surface area contributed by atoms with Crippen LogP contribution < -0.4 is 26.6 Å². The van der Waals surface area contributed by atoms with Crippen LogP contribution >= 0.6 is 0 Å².